The molecule has 29 heavy (non-hydrogen) atoms. The van der Waals surface area contributed by atoms with Crippen molar-refractivity contribution in [3.63, 3.8) is 0 Å². The number of non-ortho nitro benzene ring substituents is 1. The van der Waals surface area contributed by atoms with Gasteiger partial charge in [-0.1, -0.05) is 6.07 Å². The zero-order valence-electron chi connectivity index (χ0n) is 16.4. The number of benzene rings is 2. The maximum atomic E-state index is 12.6. The first-order valence-corrected chi connectivity index (χ1v) is 9.43. The van der Waals surface area contributed by atoms with E-state index in [1.54, 1.807) is 12.1 Å². The lowest BCUT2D eigenvalue weighted by molar-refractivity contribution is -0.384. The highest BCUT2D eigenvalue weighted by Gasteiger charge is 2.19. The van der Waals surface area contributed by atoms with Gasteiger partial charge in [0.05, 0.1) is 4.92 Å². The number of amides is 1. The Morgan fingerprint density at radius 3 is 2.52 bits per heavy atom. The topological polar surface area (TPSA) is 99.3 Å². The molecule has 1 saturated heterocycles. The summed E-state index contributed by atoms with van der Waals surface area (Å²) in [6.07, 6.45) is 3.51. The lowest BCUT2D eigenvalue weighted by atomic mass is 10.1. The average Bonchev–Trinajstić information content (AvgIpc) is 3.23. The summed E-state index contributed by atoms with van der Waals surface area (Å²) in [4.78, 5) is 25.5. The minimum Gasteiger partial charge on any atom is -0.371 e. The van der Waals surface area contributed by atoms with Gasteiger partial charge in [0.2, 0.25) is 0 Å². The number of aryl methyl sites for hydroxylation is 2. The third-order valence-electron chi connectivity index (χ3n) is 5.10. The molecule has 0 radical (unpaired) electrons. The normalized spacial score (nSPS) is 13.8. The van der Waals surface area contributed by atoms with Gasteiger partial charge in [0.1, 0.15) is 11.6 Å². The van der Waals surface area contributed by atoms with Gasteiger partial charge in [-0.15, -0.1) is 0 Å². The molecule has 0 saturated carbocycles. The molecular weight excluding hydrogens is 368 g/mol. The highest BCUT2D eigenvalue weighted by Crippen LogP contribution is 2.30. The van der Waals surface area contributed by atoms with Gasteiger partial charge in [-0.25, -0.2) is 0 Å². The minimum absolute atomic E-state index is 0.0777. The zero-order chi connectivity index (χ0) is 21.0. The molecule has 1 aliphatic heterocycles. The van der Waals surface area contributed by atoms with Crippen molar-refractivity contribution in [2.24, 2.45) is 0 Å². The predicted octanol–water partition coefficient (Wildman–Crippen LogP) is 4.36. The van der Waals surface area contributed by atoms with Gasteiger partial charge in [0.25, 0.3) is 11.6 Å². The van der Waals surface area contributed by atoms with Gasteiger partial charge in [-0.05, 0) is 62.1 Å². The van der Waals surface area contributed by atoms with Crippen LogP contribution in [0.4, 0.5) is 17.1 Å². The molecule has 2 aromatic rings. The van der Waals surface area contributed by atoms with Crippen molar-refractivity contribution >= 4 is 29.0 Å². The van der Waals surface area contributed by atoms with Crippen LogP contribution >= 0.6 is 0 Å². The zero-order valence-corrected chi connectivity index (χ0v) is 16.4. The Labute approximate surface area is 169 Å². The third-order valence-corrected chi connectivity index (χ3v) is 5.10. The summed E-state index contributed by atoms with van der Waals surface area (Å²) in [5, 5.41) is 23.5. The Bertz CT molecular complexity index is 1030. The lowest BCUT2D eigenvalue weighted by Crippen LogP contribution is -2.19. The second kappa shape index (κ2) is 8.57. The number of carbonyl (C=O) groups is 1. The molecule has 0 unspecified atom stereocenters. The monoisotopic (exact) mass is 390 g/mol. The Hall–Kier alpha value is -3.66. The van der Waals surface area contributed by atoms with Gasteiger partial charge in [0, 0.05) is 42.2 Å². The van der Waals surface area contributed by atoms with Crippen LogP contribution in [0.3, 0.4) is 0 Å². The van der Waals surface area contributed by atoms with E-state index in [2.05, 4.69) is 10.2 Å². The van der Waals surface area contributed by atoms with E-state index in [1.807, 2.05) is 32.0 Å². The van der Waals surface area contributed by atoms with Crippen molar-refractivity contribution in [3.8, 4) is 6.07 Å². The summed E-state index contributed by atoms with van der Waals surface area (Å²) >= 11 is 0. The largest absolute Gasteiger partial charge is 0.371 e. The number of hydrogen-bond acceptors (Lipinski definition) is 5. The summed E-state index contributed by atoms with van der Waals surface area (Å²) in [6, 6.07) is 12.0. The summed E-state index contributed by atoms with van der Waals surface area (Å²) in [7, 11) is 0. The minimum atomic E-state index is -0.547. The van der Waals surface area contributed by atoms with Crippen molar-refractivity contribution in [1.29, 1.82) is 5.26 Å². The van der Waals surface area contributed by atoms with E-state index < -0.39 is 10.8 Å². The number of carbonyl (C=O) groups excluding carboxylic acids is 1. The summed E-state index contributed by atoms with van der Waals surface area (Å²) in [6.45, 7) is 5.60. The molecule has 0 spiro atoms. The van der Waals surface area contributed by atoms with Crippen LogP contribution in [0.1, 0.15) is 29.5 Å². The van der Waals surface area contributed by atoms with Crippen LogP contribution < -0.4 is 10.2 Å². The Kier molecular flexibility index (Phi) is 5.93. The number of hydrogen-bond donors (Lipinski definition) is 1. The molecule has 0 aliphatic carbocycles. The maximum Gasteiger partial charge on any atom is 0.270 e. The van der Waals surface area contributed by atoms with Gasteiger partial charge in [-0.2, -0.15) is 5.26 Å². The summed E-state index contributed by atoms with van der Waals surface area (Å²) in [5.41, 5.74) is 3.83. The van der Waals surface area contributed by atoms with E-state index in [4.69, 9.17) is 0 Å². The van der Waals surface area contributed by atoms with Crippen LogP contribution in [0.5, 0.6) is 0 Å². The number of anilines is 2. The maximum absolute atomic E-state index is 12.6. The fraction of sp³-hybridized carbons (Fsp3) is 0.273. The van der Waals surface area contributed by atoms with Crippen LogP contribution in [0.2, 0.25) is 0 Å². The van der Waals surface area contributed by atoms with E-state index in [0.29, 0.717) is 11.3 Å². The standard InChI is InChI=1S/C22H22N4O3/c1-15-5-6-19(11-16(15)2)24-22(27)18(14-23)12-17-13-20(26(28)29)7-8-21(17)25-9-3-4-10-25/h5-8,11-13H,3-4,9-10H2,1-2H3,(H,24,27)/b18-12+. The molecule has 0 aromatic heterocycles. The molecule has 3 rings (SSSR count). The van der Waals surface area contributed by atoms with Gasteiger partial charge in [-0.3, -0.25) is 14.9 Å². The first-order chi connectivity index (χ1) is 13.9. The Balaban J connectivity index is 1.95. The van der Waals surface area contributed by atoms with Crippen molar-refractivity contribution in [3.05, 3.63) is 68.8 Å². The predicted molar refractivity (Wildman–Crippen MR) is 113 cm³/mol. The Morgan fingerprint density at radius 1 is 1.17 bits per heavy atom. The molecule has 1 heterocycles. The van der Waals surface area contributed by atoms with Crippen LogP contribution in [-0.4, -0.2) is 23.9 Å². The molecule has 1 aliphatic rings. The second-order valence-corrected chi connectivity index (χ2v) is 7.12. The number of nitrogens with one attached hydrogen (secondary N) is 1. The molecule has 148 valence electrons. The van der Waals surface area contributed by atoms with E-state index in [1.165, 1.54) is 18.2 Å². The fourth-order valence-electron chi connectivity index (χ4n) is 3.34. The fourth-order valence-corrected chi connectivity index (χ4v) is 3.34. The number of nitrogens with zero attached hydrogens (tertiary/aromatic N) is 3. The summed E-state index contributed by atoms with van der Waals surface area (Å²) in [5.74, 6) is -0.547. The van der Waals surface area contributed by atoms with E-state index >= 15 is 0 Å². The average molecular weight is 390 g/mol. The van der Waals surface area contributed by atoms with Crippen LogP contribution in [0, 0.1) is 35.3 Å². The second-order valence-electron chi connectivity index (χ2n) is 7.12. The SMILES string of the molecule is Cc1ccc(NC(=O)/C(C#N)=C/c2cc([N+](=O)[O-])ccc2N2CCCC2)cc1C. The van der Waals surface area contributed by atoms with E-state index in [-0.39, 0.29) is 11.3 Å². The molecule has 7 heteroatoms. The molecular formula is C22H22N4O3. The molecule has 7 nitrogen and oxygen atoms in total. The third kappa shape index (κ3) is 4.61. The quantitative estimate of drug-likeness (QED) is 0.354. The van der Waals surface area contributed by atoms with Crippen molar-refractivity contribution in [2.75, 3.05) is 23.3 Å². The highest BCUT2D eigenvalue weighted by molar-refractivity contribution is 6.10. The van der Waals surface area contributed by atoms with Gasteiger partial charge >= 0.3 is 0 Å². The number of nitro benzene ring substituents is 1. The first-order valence-electron chi connectivity index (χ1n) is 9.43. The van der Waals surface area contributed by atoms with Crippen molar-refractivity contribution in [2.45, 2.75) is 26.7 Å². The smallest absolute Gasteiger partial charge is 0.270 e. The van der Waals surface area contributed by atoms with Gasteiger partial charge < -0.3 is 10.2 Å². The van der Waals surface area contributed by atoms with Crippen LogP contribution in [0.25, 0.3) is 6.08 Å². The number of nitriles is 1. The van der Waals surface area contributed by atoms with Crippen LogP contribution in [0.15, 0.2) is 42.0 Å². The molecule has 2 aromatic carbocycles. The number of nitro groups is 1. The highest BCUT2D eigenvalue weighted by atomic mass is 16.6. The molecule has 1 N–H and O–H groups in total. The molecule has 1 amide bonds. The van der Waals surface area contributed by atoms with Crippen molar-refractivity contribution in [1.82, 2.24) is 0 Å². The molecule has 1 fully saturated rings. The first kappa shape index (κ1) is 20.1. The lowest BCUT2D eigenvalue weighted by Gasteiger charge is -2.20. The van der Waals surface area contributed by atoms with E-state index in [0.717, 1.165) is 42.7 Å². The Morgan fingerprint density at radius 2 is 1.90 bits per heavy atom. The molecule has 0 bridgehead atoms. The molecule has 0 atom stereocenters. The van der Waals surface area contributed by atoms with Crippen LogP contribution in [-0.2, 0) is 4.79 Å². The summed E-state index contributed by atoms with van der Waals surface area (Å²) < 4.78 is 0. The van der Waals surface area contributed by atoms with Gasteiger partial charge in [0.15, 0.2) is 0 Å². The van der Waals surface area contributed by atoms with Crippen molar-refractivity contribution < 1.29 is 9.72 Å². The number of rotatable bonds is 5. The van der Waals surface area contributed by atoms with E-state index in [9.17, 15) is 20.2 Å².